The zero-order valence-electron chi connectivity index (χ0n) is 13.1. The first-order chi connectivity index (χ1) is 9.49. The lowest BCUT2D eigenvalue weighted by molar-refractivity contribution is 0.115. The average molecular weight is 281 g/mol. The van der Waals surface area contributed by atoms with Gasteiger partial charge in [-0.25, -0.2) is 0 Å². The maximum absolute atomic E-state index is 9.80. The van der Waals surface area contributed by atoms with Gasteiger partial charge in [0.05, 0.1) is 20.3 Å². The molecule has 0 aliphatic carbocycles. The summed E-state index contributed by atoms with van der Waals surface area (Å²) in [6.07, 6.45) is 0.493. The van der Waals surface area contributed by atoms with E-state index in [2.05, 4.69) is 12.2 Å². The summed E-state index contributed by atoms with van der Waals surface area (Å²) in [4.78, 5) is 0. The molecule has 0 bridgehead atoms. The van der Waals surface area contributed by atoms with Gasteiger partial charge in [-0.1, -0.05) is 19.9 Å². The van der Waals surface area contributed by atoms with Crippen LogP contribution in [0.5, 0.6) is 11.5 Å². The summed E-state index contributed by atoms with van der Waals surface area (Å²) in [5.41, 5.74) is 1.09. The van der Waals surface area contributed by atoms with Crippen molar-refractivity contribution in [2.24, 2.45) is 5.92 Å². The topological polar surface area (TPSA) is 50.7 Å². The van der Waals surface area contributed by atoms with Gasteiger partial charge in [0.1, 0.15) is 11.5 Å². The highest BCUT2D eigenvalue weighted by Gasteiger charge is 2.13. The van der Waals surface area contributed by atoms with Crippen molar-refractivity contribution in [1.82, 2.24) is 5.32 Å². The number of rotatable bonds is 8. The van der Waals surface area contributed by atoms with Gasteiger partial charge in [-0.15, -0.1) is 0 Å². The summed E-state index contributed by atoms with van der Waals surface area (Å²) in [5.74, 6) is 1.89. The molecular formula is C16H27NO3. The minimum Gasteiger partial charge on any atom is -0.497 e. The van der Waals surface area contributed by atoms with Crippen molar-refractivity contribution in [2.75, 3.05) is 20.8 Å². The second-order valence-electron chi connectivity index (χ2n) is 5.38. The number of aliphatic hydroxyl groups is 1. The highest BCUT2D eigenvalue weighted by atomic mass is 16.5. The van der Waals surface area contributed by atoms with Crippen molar-refractivity contribution in [3.05, 3.63) is 23.8 Å². The predicted molar refractivity (Wildman–Crippen MR) is 81.4 cm³/mol. The maximum atomic E-state index is 9.80. The predicted octanol–water partition coefficient (Wildman–Crippen LogP) is 2.76. The van der Waals surface area contributed by atoms with Crippen LogP contribution >= 0.6 is 0 Å². The molecule has 2 unspecified atom stereocenters. The maximum Gasteiger partial charge on any atom is 0.127 e. The standard InChI is InChI=1S/C16H27NO3/c1-11(2)15(18)8-9-17-12(3)14-7-6-13(19-4)10-16(14)20-5/h6-7,10-12,15,17-18H,8-9H2,1-5H3. The van der Waals surface area contributed by atoms with E-state index >= 15 is 0 Å². The van der Waals surface area contributed by atoms with E-state index in [-0.39, 0.29) is 12.1 Å². The van der Waals surface area contributed by atoms with Gasteiger partial charge in [-0.2, -0.15) is 0 Å². The monoisotopic (exact) mass is 281 g/mol. The molecule has 0 spiro atoms. The van der Waals surface area contributed by atoms with Crippen LogP contribution in [0.3, 0.4) is 0 Å². The zero-order valence-corrected chi connectivity index (χ0v) is 13.1. The third kappa shape index (κ3) is 4.69. The summed E-state index contributed by atoms with van der Waals surface area (Å²) < 4.78 is 10.6. The fourth-order valence-corrected chi connectivity index (χ4v) is 2.07. The fourth-order valence-electron chi connectivity index (χ4n) is 2.07. The lowest BCUT2D eigenvalue weighted by Gasteiger charge is -2.20. The molecule has 0 aliphatic rings. The van der Waals surface area contributed by atoms with E-state index in [1.165, 1.54) is 0 Å². The van der Waals surface area contributed by atoms with Crippen molar-refractivity contribution in [3.63, 3.8) is 0 Å². The summed E-state index contributed by atoms with van der Waals surface area (Å²) in [6, 6.07) is 5.99. The van der Waals surface area contributed by atoms with Gasteiger partial charge in [0.25, 0.3) is 0 Å². The molecule has 0 heterocycles. The fraction of sp³-hybridized carbons (Fsp3) is 0.625. The molecule has 1 rings (SSSR count). The first-order valence-electron chi connectivity index (χ1n) is 7.13. The first-order valence-corrected chi connectivity index (χ1v) is 7.13. The van der Waals surface area contributed by atoms with Gasteiger partial charge in [-0.3, -0.25) is 0 Å². The molecule has 4 nitrogen and oxygen atoms in total. The van der Waals surface area contributed by atoms with Crippen molar-refractivity contribution < 1.29 is 14.6 Å². The number of ether oxygens (including phenoxy) is 2. The van der Waals surface area contributed by atoms with Crippen LogP contribution in [0.15, 0.2) is 18.2 Å². The molecule has 4 heteroatoms. The highest BCUT2D eigenvalue weighted by molar-refractivity contribution is 5.42. The third-order valence-corrected chi connectivity index (χ3v) is 3.57. The Kier molecular flexibility index (Phi) is 6.82. The molecule has 20 heavy (non-hydrogen) atoms. The van der Waals surface area contributed by atoms with Crippen LogP contribution in [0, 0.1) is 5.92 Å². The molecule has 114 valence electrons. The van der Waals surface area contributed by atoms with Crippen LogP contribution < -0.4 is 14.8 Å². The molecule has 1 aromatic rings. The van der Waals surface area contributed by atoms with E-state index in [1.807, 2.05) is 32.0 Å². The van der Waals surface area contributed by atoms with E-state index in [0.717, 1.165) is 30.0 Å². The van der Waals surface area contributed by atoms with Crippen molar-refractivity contribution >= 4 is 0 Å². The molecule has 1 aromatic carbocycles. The summed E-state index contributed by atoms with van der Waals surface area (Å²) in [5, 5.41) is 13.2. The average Bonchev–Trinajstić information content (AvgIpc) is 2.45. The van der Waals surface area contributed by atoms with E-state index < -0.39 is 0 Å². The van der Waals surface area contributed by atoms with E-state index in [4.69, 9.17) is 9.47 Å². The Morgan fingerprint density at radius 2 is 1.85 bits per heavy atom. The summed E-state index contributed by atoms with van der Waals surface area (Å²) >= 11 is 0. The van der Waals surface area contributed by atoms with Gasteiger partial charge in [0.15, 0.2) is 0 Å². The van der Waals surface area contributed by atoms with E-state index in [9.17, 15) is 5.11 Å². The molecule has 0 saturated heterocycles. The molecule has 0 aromatic heterocycles. The Morgan fingerprint density at radius 1 is 1.15 bits per heavy atom. The molecule has 2 atom stereocenters. The van der Waals surface area contributed by atoms with Crippen LogP contribution in [-0.4, -0.2) is 32.0 Å². The van der Waals surface area contributed by atoms with Crippen LogP contribution in [-0.2, 0) is 0 Å². The normalized spacial score (nSPS) is 14.2. The van der Waals surface area contributed by atoms with Gasteiger partial charge in [0.2, 0.25) is 0 Å². The van der Waals surface area contributed by atoms with Crippen molar-refractivity contribution in [3.8, 4) is 11.5 Å². The van der Waals surface area contributed by atoms with Crippen LogP contribution in [0.4, 0.5) is 0 Å². The molecule has 2 N–H and O–H groups in total. The van der Waals surface area contributed by atoms with Crippen LogP contribution in [0.2, 0.25) is 0 Å². The Bertz CT molecular complexity index is 407. The van der Waals surface area contributed by atoms with E-state index in [0.29, 0.717) is 5.92 Å². The SMILES string of the molecule is COc1ccc(C(C)NCCC(O)C(C)C)c(OC)c1. The number of hydrogen-bond donors (Lipinski definition) is 2. The molecule has 0 saturated carbocycles. The molecule has 0 amide bonds. The number of aliphatic hydroxyl groups excluding tert-OH is 1. The number of benzene rings is 1. The smallest absolute Gasteiger partial charge is 0.127 e. The second-order valence-corrected chi connectivity index (χ2v) is 5.38. The number of nitrogens with one attached hydrogen (secondary N) is 1. The van der Waals surface area contributed by atoms with Crippen LogP contribution in [0.25, 0.3) is 0 Å². The van der Waals surface area contributed by atoms with Gasteiger partial charge >= 0.3 is 0 Å². The Labute approximate surface area is 122 Å². The minimum absolute atomic E-state index is 0.162. The van der Waals surface area contributed by atoms with Crippen LogP contribution in [0.1, 0.15) is 38.8 Å². The third-order valence-electron chi connectivity index (χ3n) is 3.57. The Hall–Kier alpha value is -1.26. The largest absolute Gasteiger partial charge is 0.497 e. The Morgan fingerprint density at radius 3 is 2.40 bits per heavy atom. The molecular weight excluding hydrogens is 254 g/mol. The molecule has 0 fully saturated rings. The quantitative estimate of drug-likeness (QED) is 0.769. The lowest BCUT2D eigenvalue weighted by atomic mass is 10.0. The minimum atomic E-state index is -0.257. The lowest BCUT2D eigenvalue weighted by Crippen LogP contribution is -2.26. The highest BCUT2D eigenvalue weighted by Crippen LogP contribution is 2.29. The van der Waals surface area contributed by atoms with Crippen molar-refractivity contribution in [1.29, 1.82) is 0 Å². The molecule has 0 aliphatic heterocycles. The summed E-state index contributed by atoms with van der Waals surface area (Å²) in [6.45, 7) is 6.92. The zero-order chi connectivity index (χ0) is 15.1. The van der Waals surface area contributed by atoms with E-state index in [1.54, 1.807) is 14.2 Å². The van der Waals surface area contributed by atoms with Gasteiger partial charge in [-0.05, 0) is 31.9 Å². The van der Waals surface area contributed by atoms with Gasteiger partial charge < -0.3 is 19.9 Å². The Balaban J connectivity index is 2.61. The van der Waals surface area contributed by atoms with Crippen molar-refractivity contribution in [2.45, 2.75) is 39.3 Å². The van der Waals surface area contributed by atoms with Gasteiger partial charge in [0, 0.05) is 17.7 Å². The first kappa shape index (κ1) is 16.8. The molecule has 0 radical (unpaired) electrons. The number of methoxy groups -OCH3 is 2. The number of hydrogen-bond acceptors (Lipinski definition) is 4. The second kappa shape index (κ2) is 8.12. The summed E-state index contributed by atoms with van der Waals surface area (Å²) in [7, 11) is 3.30.